The molecule has 0 saturated carbocycles. The van der Waals surface area contributed by atoms with Crippen LogP contribution < -0.4 is 4.90 Å². The molecular weight excluding hydrogens is 428 g/mol. The molecule has 1 aromatic heterocycles. The average Bonchev–Trinajstić information content (AvgIpc) is 3.13. The fourth-order valence-corrected chi connectivity index (χ4v) is 4.15. The Morgan fingerprint density at radius 1 is 1.13 bits per heavy atom. The molecule has 4 rings (SSSR count). The summed E-state index contributed by atoms with van der Waals surface area (Å²) in [5.74, 6) is 4.31. The first-order valence-corrected chi connectivity index (χ1v) is 10.3. The monoisotopic (exact) mass is 443 g/mol. The van der Waals surface area contributed by atoms with Gasteiger partial charge in [-0.3, -0.25) is 4.90 Å². The van der Waals surface area contributed by atoms with Crippen LogP contribution in [0.3, 0.4) is 0 Å². The van der Waals surface area contributed by atoms with Crippen molar-refractivity contribution < 1.29 is 13.6 Å². The largest absolute Gasteiger partial charge is 0.325 e. The molecule has 2 aromatic carbocycles. The standard InChI is InChI=1S/C22H16ClF2N3OS/c1-27-21-19(13-28(22(27)29)12-15-7-10-17(24)18(25)11-15)26-20(30-21)4-2-3-14-5-8-16(23)9-6-14/h5-11H,3,12-13H2,1H3. The summed E-state index contributed by atoms with van der Waals surface area (Å²) in [4.78, 5) is 20.3. The van der Waals surface area contributed by atoms with Crippen LogP contribution in [-0.4, -0.2) is 23.0 Å². The summed E-state index contributed by atoms with van der Waals surface area (Å²) in [6.07, 6.45) is 0.568. The van der Waals surface area contributed by atoms with Gasteiger partial charge in [0.1, 0.15) is 5.00 Å². The van der Waals surface area contributed by atoms with Gasteiger partial charge in [-0.25, -0.2) is 18.6 Å². The van der Waals surface area contributed by atoms with E-state index in [4.69, 9.17) is 11.6 Å². The molecule has 152 valence electrons. The molecule has 4 nitrogen and oxygen atoms in total. The lowest BCUT2D eigenvalue weighted by atomic mass is 10.2. The Balaban J connectivity index is 1.49. The van der Waals surface area contributed by atoms with Gasteiger partial charge in [-0.15, -0.1) is 0 Å². The van der Waals surface area contributed by atoms with E-state index in [9.17, 15) is 13.6 Å². The maximum Gasteiger partial charge on any atom is 0.325 e. The maximum absolute atomic E-state index is 13.5. The Morgan fingerprint density at radius 3 is 2.60 bits per heavy atom. The fraction of sp³-hybridized carbons (Fsp3) is 0.182. The number of thiazole rings is 1. The minimum absolute atomic E-state index is 0.162. The number of carbonyl (C=O) groups is 1. The Labute approximate surface area is 181 Å². The molecule has 0 unspecified atom stereocenters. The van der Waals surface area contributed by atoms with Crippen LogP contribution in [0.5, 0.6) is 0 Å². The molecule has 1 aliphatic rings. The smallest absolute Gasteiger partial charge is 0.314 e. The molecule has 0 bridgehead atoms. The third kappa shape index (κ3) is 4.30. The van der Waals surface area contributed by atoms with Crippen LogP contribution in [0.15, 0.2) is 42.5 Å². The summed E-state index contributed by atoms with van der Waals surface area (Å²) in [5, 5.41) is 2.06. The summed E-state index contributed by atoms with van der Waals surface area (Å²) < 4.78 is 26.6. The van der Waals surface area contributed by atoms with Crippen LogP contribution in [0, 0.1) is 23.5 Å². The van der Waals surface area contributed by atoms with Crippen molar-refractivity contribution in [2.24, 2.45) is 0 Å². The summed E-state index contributed by atoms with van der Waals surface area (Å²) >= 11 is 7.25. The molecule has 0 fully saturated rings. The lowest BCUT2D eigenvalue weighted by Gasteiger charge is -2.32. The number of aromatic nitrogens is 1. The molecule has 1 aliphatic heterocycles. The highest BCUT2D eigenvalue weighted by atomic mass is 35.5. The van der Waals surface area contributed by atoms with Gasteiger partial charge in [0, 0.05) is 25.0 Å². The predicted molar refractivity (Wildman–Crippen MR) is 114 cm³/mol. The number of hydrogen-bond acceptors (Lipinski definition) is 3. The number of nitrogens with zero attached hydrogens (tertiary/aromatic N) is 3. The van der Waals surface area contributed by atoms with Crippen LogP contribution in [0.4, 0.5) is 18.6 Å². The van der Waals surface area contributed by atoms with Crippen molar-refractivity contribution in [3.8, 4) is 11.8 Å². The lowest BCUT2D eigenvalue weighted by molar-refractivity contribution is 0.196. The molecule has 0 saturated heterocycles. The highest BCUT2D eigenvalue weighted by molar-refractivity contribution is 7.16. The van der Waals surface area contributed by atoms with Gasteiger partial charge in [-0.2, -0.15) is 0 Å². The van der Waals surface area contributed by atoms with Crippen molar-refractivity contribution in [1.82, 2.24) is 9.88 Å². The second kappa shape index (κ2) is 8.42. The normalized spacial score (nSPS) is 13.1. The number of amides is 2. The van der Waals surface area contributed by atoms with E-state index < -0.39 is 11.6 Å². The number of carbonyl (C=O) groups excluding carboxylic acids is 1. The van der Waals surface area contributed by atoms with Crippen molar-refractivity contribution in [2.75, 3.05) is 11.9 Å². The highest BCUT2D eigenvalue weighted by Gasteiger charge is 2.31. The molecule has 30 heavy (non-hydrogen) atoms. The van der Waals surface area contributed by atoms with Gasteiger partial charge < -0.3 is 4.90 Å². The van der Waals surface area contributed by atoms with Crippen LogP contribution in [-0.2, 0) is 19.5 Å². The van der Waals surface area contributed by atoms with Gasteiger partial charge in [0.25, 0.3) is 0 Å². The van der Waals surface area contributed by atoms with Crippen LogP contribution in [0.2, 0.25) is 5.02 Å². The van der Waals surface area contributed by atoms with Gasteiger partial charge in [-0.05, 0) is 41.3 Å². The Morgan fingerprint density at radius 2 is 1.87 bits per heavy atom. The minimum Gasteiger partial charge on any atom is -0.314 e. The molecule has 3 aromatic rings. The van der Waals surface area contributed by atoms with E-state index in [2.05, 4.69) is 16.8 Å². The van der Waals surface area contributed by atoms with Crippen molar-refractivity contribution in [1.29, 1.82) is 0 Å². The molecule has 0 N–H and O–H groups in total. The zero-order valence-corrected chi connectivity index (χ0v) is 17.5. The van der Waals surface area contributed by atoms with Crippen molar-refractivity contribution in [2.45, 2.75) is 19.5 Å². The van der Waals surface area contributed by atoms with Gasteiger partial charge in [-0.1, -0.05) is 47.1 Å². The Bertz CT molecular complexity index is 1170. The van der Waals surface area contributed by atoms with E-state index in [1.54, 1.807) is 11.9 Å². The Hall–Kier alpha value is -2.95. The average molecular weight is 444 g/mol. The minimum atomic E-state index is -0.932. The van der Waals surface area contributed by atoms with E-state index in [0.717, 1.165) is 28.4 Å². The maximum atomic E-state index is 13.5. The van der Waals surface area contributed by atoms with Crippen LogP contribution in [0.1, 0.15) is 21.8 Å². The highest BCUT2D eigenvalue weighted by Crippen LogP contribution is 2.33. The zero-order valence-electron chi connectivity index (χ0n) is 16.0. The predicted octanol–water partition coefficient (Wildman–Crippen LogP) is 5.24. The van der Waals surface area contributed by atoms with Gasteiger partial charge in [0.2, 0.25) is 0 Å². The molecule has 0 aliphatic carbocycles. The number of urea groups is 1. The second-order valence-electron chi connectivity index (χ2n) is 6.82. The van der Waals surface area contributed by atoms with Crippen LogP contribution >= 0.6 is 22.9 Å². The summed E-state index contributed by atoms with van der Waals surface area (Å²) in [6, 6.07) is 10.9. The van der Waals surface area contributed by atoms with E-state index in [0.29, 0.717) is 22.0 Å². The first kappa shape index (κ1) is 20.3. The molecule has 8 heteroatoms. The van der Waals surface area contributed by atoms with E-state index in [1.165, 1.54) is 22.3 Å². The molecule has 0 spiro atoms. The Kier molecular flexibility index (Phi) is 5.71. The van der Waals surface area contributed by atoms with Crippen molar-refractivity contribution in [3.63, 3.8) is 0 Å². The first-order chi connectivity index (χ1) is 14.4. The van der Waals surface area contributed by atoms with Crippen molar-refractivity contribution >= 4 is 34.0 Å². The third-order valence-corrected chi connectivity index (χ3v) is 5.98. The molecule has 2 heterocycles. The number of rotatable bonds is 3. The number of benzene rings is 2. The number of fused-ring (bicyclic) bond motifs is 1. The molecular formula is C22H16ClF2N3OS. The fourth-order valence-electron chi connectivity index (χ4n) is 3.12. The summed E-state index contributed by atoms with van der Waals surface area (Å²) in [7, 11) is 1.67. The zero-order chi connectivity index (χ0) is 21.3. The third-order valence-electron chi connectivity index (χ3n) is 4.64. The van der Waals surface area contributed by atoms with E-state index in [-0.39, 0.29) is 19.1 Å². The topological polar surface area (TPSA) is 36.4 Å². The van der Waals surface area contributed by atoms with E-state index >= 15 is 0 Å². The number of anilines is 1. The number of halogens is 3. The summed E-state index contributed by atoms with van der Waals surface area (Å²) in [5.41, 5.74) is 2.30. The first-order valence-electron chi connectivity index (χ1n) is 9.10. The van der Waals surface area contributed by atoms with Crippen molar-refractivity contribution in [3.05, 3.63) is 81.0 Å². The quantitative estimate of drug-likeness (QED) is 0.519. The molecule has 0 atom stereocenters. The van der Waals surface area contributed by atoms with Gasteiger partial charge in [0.05, 0.1) is 12.2 Å². The second-order valence-corrected chi connectivity index (χ2v) is 8.24. The van der Waals surface area contributed by atoms with E-state index in [1.807, 2.05) is 24.3 Å². The number of hydrogen-bond donors (Lipinski definition) is 0. The SMILES string of the molecule is CN1C(=O)N(Cc2ccc(F)c(F)c2)Cc2nc(C#CCc3ccc(Cl)cc3)sc21. The van der Waals surface area contributed by atoms with Crippen LogP contribution in [0.25, 0.3) is 0 Å². The van der Waals surface area contributed by atoms with Gasteiger partial charge in [0.15, 0.2) is 16.6 Å². The molecule has 2 amide bonds. The lowest BCUT2D eigenvalue weighted by Crippen LogP contribution is -2.44. The van der Waals surface area contributed by atoms with Gasteiger partial charge >= 0.3 is 6.03 Å². The molecule has 0 radical (unpaired) electrons. The summed E-state index contributed by atoms with van der Waals surface area (Å²) in [6.45, 7) is 0.446.